The monoisotopic (exact) mass is 271 g/mol. The van der Waals surface area contributed by atoms with Gasteiger partial charge in [-0.2, -0.15) is 0 Å². The first-order valence-corrected chi connectivity index (χ1v) is 7.07. The molecule has 0 radical (unpaired) electrons. The van der Waals surface area contributed by atoms with Crippen molar-refractivity contribution < 1.29 is 0 Å². The van der Waals surface area contributed by atoms with Gasteiger partial charge in [-0.3, -0.25) is 0 Å². The number of fused-ring (bicyclic) bond motifs is 1. The fraction of sp³-hybridized carbons (Fsp3) is 0.467. The van der Waals surface area contributed by atoms with Crippen molar-refractivity contribution in [3.05, 3.63) is 24.5 Å². The van der Waals surface area contributed by atoms with Gasteiger partial charge in [-0.25, -0.2) is 9.97 Å². The molecule has 1 atom stereocenters. The summed E-state index contributed by atoms with van der Waals surface area (Å²) in [5, 5.41) is 1.05. The van der Waals surface area contributed by atoms with Gasteiger partial charge in [-0.1, -0.05) is 0 Å². The van der Waals surface area contributed by atoms with E-state index in [0.717, 1.165) is 35.5 Å². The predicted octanol–water partition coefficient (Wildman–Crippen LogP) is 1.74. The summed E-state index contributed by atoms with van der Waals surface area (Å²) < 4.78 is 0. The number of anilines is 2. The van der Waals surface area contributed by atoms with Gasteiger partial charge >= 0.3 is 0 Å². The minimum Gasteiger partial charge on any atom is -0.399 e. The molecule has 5 nitrogen and oxygen atoms in total. The third-order valence-electron chi connectivity index (χ3n) is 3.86. The van der Waals surface area contributed by atoms with Gasteiger partial charge in [0.2, 0.25) is 0 Å². The van der Waals surface area contributed by atoms with Crippen molar-refractivity contribution in [3.63, 3.8) is 0 Å². The molecule has 1 saturated heterocycles. The molecule has 1 aromatic carbocycles. The van der Waals surface area contributed by atoms with Gasteiger partial charge in [0.15, 0.2) is 0 Å². The van der Waals surface area contributed by atoms with Crippen molar-refractivity contribution in [2.24, 2.45) is 0 Å². The van der Waals surface area contributed by atoms with Crippen LogP contribution in [0.15, 0.2) is 24.5 Å². The maximum absolute atomic E-state index is 5.92. The molecule has 1 aromatic heterocycles. The Bertz CT molecular complexity index is 610. The Hall–Kier alpha value is -1.88. The minimum atomic E-state index is 0.518. The molecule has 1 fully saturated rings. The molecular weight excluding hydrogens is 250 g/mol. The molecule has 2 heterocycles. The van der Waals surface area contributed by atoms with Gasteiger partial charge in [0.05, 0.1) is 5.52 Å². The van der Waals surface area contributed by atoms with Crippen LogP contribution in [0.4, 0.5) is 11.5 Å². The topological polar surface area (TPSA) is 58.3 Å². The quantitative estimate of drug-likeness (QED) is 0.862. The molecule has 2 aromatic rings. The molecule has 2 N–H and O–H groups in total. The highest BCUT2D eigenvalue weighted by Crippen LogP contribution is 2.30. The van der Waals surface area contributed by atoms with Gasteiger partial charge in [-0.15, -0.1) is 0 Å². The molecule has 1 unspecified atom stereocenters. The van der Waals surface area contributed by atoms with Gasteiger partial charge in [0, 0.05) is 30.2 Å². The summed E-state index contributed by atoms with van der Waals surface area (Å²) in [5.74, 6) is 1.02. The Labute approximate surface area is 119 Å². The van der Waals surface area contributed by atoms with Crippen LogP contribution in [0.25, 0.3) is 10.9 Å². The summed E-state index contributed by atoms with van der Waals surface area (Å²) in [4.78, 5) is 13.5. The SMILES string of the molecule is CN(C)CC1CCCN1c1ncnc2ccc(N)cc12. The Kier molecular flexibility index (Phi) is 3.44. The van der Waals surface area contributed by atoms with Crippen LogP contribution < -0.4 is 10.6 Å². The molecule has 0 spiro atoms. The zero-order chi connectivity index (χ0) is 14.1. The van der Waals surface area contributed by atoms with Crippen LogP contribution in [0.2, 0.25) is 0 Å². The number of benzene rings is 1. The molecule has 0 aliphatic carbocycles. The van der Waals surface area contributed by atoms with Crippen molar-refractivity contribution in [2.45, 2.75) is 18.9 Å². The number of nitrogens with two attached hydrogens (primary N) is 1. The number of rotatable bonds is 3. The Morgan fingerprint density at radius 2 is 2.20 bits per heavy atom. The zero-order valence-electron chi connectivity index (χ0n) is 12.1. The number of likely N-dealkylation sites (N-methyl/N-ethyl adjacent to an activating group) is 1. The standard InChI is InChI=1S/C15H21N5/c1-19(2)9-12-4-3-7-20(12)15-13-8-11(16)5-6-14(13)17-10-18-15/h5-6,8,10,12H,3-4,7,9,16H2,1-2H3. The largest absolute Gasteiger partial charge is 0.399 e. The molecule has 0 amide bonds. The lowest BCUT2D eigenvalue weighted by Crippen LogP contribution is -2.38. The van der Waals surface area contributed by atoms with Gasteiger partial charge in [0.1, 0.15) is 12.1 Å². The molecule has 106 valence electrons. The summed E-state index contributed by atoms with van der Waals surface area (Å²) in [6.45, 7) is 2.10. The average molecular weight is 271 g/mol. The summed E-state index contributed by atoms with van der Waals surface area (Å²) in [6, 6.07) is 6.35. The van der Waals surface area contributed by atoms with E-state index in [1.165, 1.54) is 12.8 Å². The van der Waals surface area contributed by atoms with Gasteiger partial charge in [-0.05, 0) is 45.1 Å². The second-order valence-corrected chi connectivity index (χ2v) is 5.73. The molecule has 20 heavy (non-hydrogen) atoms. The van der Waals surface area contributed by atoms with Crippen LogP contribution >= 0.6 is 0 Å². The number of nitrogen functional groups attached to an aromatic ring is 1. The van der Waals surface area contributed by atoms with E-state index in [1.54, 1.807) is 6.33 Å². The van der Waals surface area contributed by atoms with Crippen LogP contribution in [-0.2, 0) is 0 Å². The van der Waals surface area contributed by atoms with Crippen molar-refractivity contribution in [3.8, 4) is 0 Å². The first kappa shape index (κ1) is 13.1. The molecule has 3 rings (SSSR count). The smallest absolute Gasteiger partial charge is 0.140 e. The van der Waals surface area contributed by atoms with Crippen LogP contribution in [0, 0.1) is 0 Å². The molecule has 0 saturated carbocycles. The fourth-order valence-electron chi connectivity index (χ4n) is 3.02. The summed E-state index contributed by atoms with van der Waals surface area (Å²) in [7, 11) is 4.24. The molecule has 0 bridgehead atoms. The predicted molar refractivity (Wildman–Crippen MR) is 82.9 cm³/mol. The van der Waals surface area contributed by atoms with Crippen molar-refractivity contribution >= 4 is 22.4 Å². The van der Waals surface area contributed by atoms with Crippen molar-refractivity contribution in [1.82, 2.24) is 14.9 Å². The molecular formula is C15H21N5. The van der Waals surface area contributed by atoms with Gasteiger partial charge in [0.25, 0.3) is 0 Å². The lowest BCUT2D eigenvalue weighted by atomic mass is 10.1. The Morgan fingerprint density at radius 1 is 1.35 bits per heavy atom. The second-order valence-electron chi connectivity index (χ2n) is 5.73. The van der Waals surface area contributed by atoms with E-state index in [-0.39, 0.29) is 0 Å². The normalized spacial score (nSPS) is 19.1. The fourth-order valence-corrected chi connectivity index (χ4v) is 3.02. The third kappa shape index (κ3) is 2.41. The van der Waals surface area contributed by atoms with Crippen molar-refractivity contribution in [1.29, 1.82) is 0 Å². The number of hydrogen-bond acceptors (Lipinski definition) is 5. The van der Waals surface area contributed by atoms with Crippen LogP contribution in [0.3, 0.4) is 0 Å². The highest BCUT2D eigenvalue weighted by Gasteiger charge is 2.27. The highest BCUT2D eigenvalue weighted by atomic mass is 15.3. The van der Waals surface area contributed by atoms with Crippen molar-refractivity contribution in [2.75, 3.05) is 37.8 Å². The Morgan fingerprint density at radius 3 is 3.00 bits per heavy atom. The van der Waals surface area contributed by atoms with E-state index >= 15 is 0 Å². The van der Waals surface area contributed by atoms with Crippen LogP contribution in [0.1, 0.15) is 12.8 Å². The number of hydrogen-bond donors (Lipinski definition) is 1. The van der Waals surface area contributed by atoms with E-state index < -0.39 is 0 Å². The van der Waals surface area contributed by atoms with E-state index in [1.807, 2.05) is 18.2 Å². The van der Waals surface area contributed by atoms with E-state index in [0.29, 0.717) is 6.04 Å². The summed E-state index contributed by atoms with van der Waals surface area (Å²) in [5.41, 5.74) is 7.64. The first-order valence-electron chi connectivity index (χ1n) is 7.07. The van der Waals surface area contributed by atoms with E-state index in [4.69, 9.17) is 5.73 Å². The average Bonchev–Trinajstić information content (AvgIpc) is 2.85. The molecule has 5 heteroatoms. The van der Waals surface area contributed by atoms with Crippen LogP contribution in [0.5, 0.6) is 0 Å². The minimum absolute atomic E-state index is 0.518. The summed E-state index contributed by atoms with van der Waals surface area (Å²) in [6.07, 6.45) is 4.08. The van der Waals surface area contributed by atoms with E-state index in [2.05, 4.69) is 33.9 Å². The number of nitrogens with zero attached hydrogens (tertiary/aromatic N) is 4. The first-order chi connectivity index (χ1) is 9.65. The lowest BCUT2D eigenvalue weighted by Gasteiger charge is -2.28. The summed E-state index contributed by atoms with van der Waals surface area (Å²) >= 11 is 0. The second kappa shape index (κ2) is 5.25. The molecule has 1 aliphatic heterocycles. The molecule has 1 aliphatic rings. The maximum atomic E-state index is 5.92. The number of aromatic nitrogens is 2. The maximum Gasteiger partial charge on any atom is 0.140 e. The highest BCUT2D eigenvalue weighted by molar-refractivity contribution is 5.91. The van der Waals surface area contributed by atoms with Crippen LogP contribution in [-0.4, -0.2) is 48.1 Å². The van der Waals surface area contributed by atoms with E-state index in [9.17, 15) is 0 Å². The zero-order valence-corrected chi connectivity index (χ0v) is 12.1. The lowest BCUT2D eigenvalue weighted by molar-refractivity contribution is 0.371. The van der Waals surface area contributed by atoms with Gasteiger partial charge < -0.3 is 15.5 Å². The third-order valence-corrected chi connectivity index (χ3v) is 3.86. The Balaban J connectivity index is 2.02.